The lowest BCUT2D eigenvalue weighted by Gasteiger charge is -2.16. The summed E-state index contributed by atoms with van der Waals surface area (Å²) >= 11 is 1.45. The highest BCUT2D eigenvalue weighted by Gasteiger charge is 2.11. The molecule has 5 N–H and O–H groups in total. The van der Waals surface area contributed by atoms with Gasteiger partial charge in [-0.2, -0.15) is 4.99 Å². The molecule has 148 valence electrons. The maximum atomic E-state index is 6.32. The molecule has 0 bridgehead atoms. The fourth-order valence-corrected chi connectivity index (χ4v) is 3.73. The molecule has 3 rings (SSSR count). The third-order valence-corrected chi connectivity index (χ3v) is 5.06. The van der Waals surface area contributed by atoms with Crippen LogP contribution in [0.4, 0.5) is 16.5 Å². The minimum absolute atomic E-state index is 0.272. The molecule has 3 aromatic rings. The van der Waals surface area contributed by atoms with Crippen molar-refractivity contribution in [2.24, 2.45) is 10.7 Å². The second-order valence-electron chi connectivity index (χ2n) is 6.42. The van der Waals surface area contributed by atoms with Gasteiger partial charge < -0.3 is 16.8 Å². The van der Waals surface area contributed by atoms with Crippen LogP contribution < -0.4 is 16.8 Å². The number of benzene rings is 2. The number of nitrogen functional groups attached to an aromatic ring is 1. The Bertz CT molecular complexity index is 945. The summed E-state index contributed by atoms with van der Waals surface area (Å²) in [7, 11) is 0. The lowest BCUT2D eigenvalue weighted by molar-refractivity contribution is 1.24. The first-order valence-electron chi connectivity index (χ1n) is 9.35. The van der Waals surface area contributed by atoms with Crippen LogP contribution in [0.5, 0.6) is 0 Å². The Morgan fingerprint density at radius 2 is 1.68 bits per heavy atom. The van der Waals surface area contributed by atoms with Gasteiger partial charge in [0.1, 0.15) is 0 Å². The molecule has 0 amide bonds. The first-order valence-corrected chi connectivity index (χ1v) is 10.2. The summed E-state index contributed by atoms with van der Waals surface area (Å²) in [4.78, 5) is 8.59. The highest BCUT2D eigenvalue weighted by atomic mass is 32.1. The van der Waals surface area contributed by atoms with Gasteiger partial charge in [-0.05, 0) is 67.6 Å². The average molecular weight is 396 g/mol. The van der Waals surface area contributed by atoms with Crippen molar-refractivity contribution in [2.75, 3.05) is 11.1 Å². The van der Waals surface area contributed by atoms with Crippen LogP contribution in [0.2, 0.25) is 0 Å². The normalized spacial score (nSPS) is 11.0. The fraction of sp³-hybridized carbons (Fsp3) is 0.273. The monoisotopic (exact) mass is 395 g/mol. The molecule has 5 nitrogen and oxygen atoms in total. The summed E-state index contributed by atoms with van der Waals surface area (Å²) < 4.78 is 0. The van der Waals surface area contributed by atoms with Crippen molar-refractivity contribution >= 4 is 33.8 Å². The predicted molar refractivity (Wildman–Crippen MR) is 124 cm³/mol. The second-order valence-corrected chi connectivity index (χ2v) is 7.25. The van der Waals surface area contributed by atoms with E-state index in [0.29, 0.717) is 10.8 Å². The van der Waals surface area contributed by atoms with Gasteiger partial charge in [-0.1, -0.05) is 32.0 Å². The second kappa shape index (κ2) is 9.37. The maximum absolute atomic E-state index is 6.32. The quantitative estimate of drug-likeness (QED) is 0.301. The van der Waals surface area contributed by atoms with Gasteiger partial charge in [0.15, 0.2) is 0 Å². The molecule has 0 fully saturated rings. The van der Waals surface area contributed by atoms with E-state index in [1.807, 2.05) is 39.1 Å². The molecule has 0 saturated carbocycles. The van der Waals surface area contributed by atoms with Crippen LogP contribution >= 0.6 is 11.3 Å². The van der Waals surface area contributed by atoms with Crippen LogP contribution in [-0.2, 0) is 0 Å². The largest absolute Gasteiger partial charge is 0.397 e. The van der Waals surface area contributed by atoms with E-state index < -0.39 is 0 Å². The summed E-state index contributed by atoms with van der Waals surface area (Å²) in [5.41, 5.74) is 20.5. The topological polar surface area (TPSA) is 89.3 Å². The fourth-order valence-electron chi connectivity index (χ4n) is 3.05. The molecule has 0 saturated heterocycles. The lowest BCUT2D eigenvalue weighted by Crippen LogP contribution is -2.23. The minimum Gasteiger partial charge on any atom is -0.397 e. The molecular formula is C22H29N5S. The number of nitrogens with zero attached hydrogens (tertiary/aromatic N) is 2. The van der Waals surface area contributed by atoms with Gasteiger partial charge in [0.05, 0.1) is 17.1 Å². The van der Waals surface area contributed by atoms with Gasteiger partial charge in [0.25, 0.3) is 0 Å². The number of nitrogens with one attached hydrogen (secondary N) is 1. The maximum Gasteiger partial charge on any atom is 0.212 e. The van der Waals surface area contributed by atoms with Crippen LogP contribution in [0.1, 0.15) is 36.2 Å². The van der Waals surface area contributed by atoms with Crippen molar-refractivity contribution in [2.45, 2.75) is 41.5 Å². The molecule has 1 heterocycles. The average Bonchev–Trinajstić information content (AvgIpc) is 3.04. The van der Waals surface area contributed by atoms with Crippen LogP contribution in [0.3, 0.4) is 0 Å². The Balaban J connectivity index is 0.00000136. The van der Waals surface area contributed by atoms with E-state index in [0.717, 1.165) is 22.5 Å². The molecule has 1 aromatic heterocycles. The van der Waals surface area contributed by atoms with Crippen molar-refractivity contribution in [3.05, 3.63) is 58.1 Å². The van der Waals surface area contributed by atoms with Crippen LogP contribution in [-0.4, -0.2) is 10.9 Å². The van der Waals surface area contributed by atoms with Crippen LogP contribution in [0.15, 0.2) is 40.7 Å². The number of guanidine groups is 1. The Morgan fingerprint density at radius 3 is 2.21 bits per heavy atom. The summed E-state index contributed by atoms with van der Waals surface area (Å²) in [6.07, 6.45) is 0. The number of hydrogen-bond acceptors (Lipinski definition) is 4. The molecule has 0 radical (unpaired) electrons. The van der Waals surface area contributed by atoms with Crippen molar-refractivity contribution in [1.82, 2.24) is 4.98 Å². The Labute approximate surface area is 171 Å². The third kappa shape index (κ3) is 4.89. The Kier molecular flexibility index (Phi) is 7.18. The van der Waals surface area contributed by atoms with E-state index in [9.17, 15) is 0 Å². The van der Waals surface area contributed by atoms with Gasteiger partial charge in [0, 0.05) is 5.38 Å². The molecule has 0 spiro atoms. The highest BCUT2D eigenvalue weighted by molar-refractivity contribution is 7.13. The lowest BCUT2D eigenvalue weighted by atomic mass is 9.94. The molecule has 0 unspecified atom stereocenters. The predicted octanol–water partition coefficient (Wildman–Crippen LogP) is 5.71. The number of aryl methyl sites for hydroxylation is 4. The van der Waals surface area contributed by atoms with E-state index in [-0.39, 0.29) is 5.96 Å². The number of aliphatic imine (C=N–C) groups is 1. The SMILES string of the molecule is CC.Cc1csc(/N=C(\N)Nc2c(C)cc(-c3c(C)cccc3C)cc2N)n1. The summed E-state index contributed by atoms with van der Waals surface area (Å²) in [5, 5.41) is 5.67. The zero-order valence-electron chi connectivity index (χ0n) is 17.4. The van der Waals surface area contributed by atoms with Crippen LogP contribution in [0, 0.1) is 27.7 Å². The van der Waals surface area contributed by atoms with Crippen molar-refractivity contribution in [3.8, 4) is 11.1 Å². The van der Waals surface area contributed by atoms with E-state index in [1.165, 1.54) is 28.0 Å². The van der Waals surface area contributed by atoms with E-state index >= 15 is 0 Å². The zero-order valence-corrected chi connectivity index (χ0v) is 18.2. The first kappa shape index (κ1) is 21.4. The Morgan fingerprint density at radius 1 is 1.04 bits per heavy atom. The summed E-state index contributed by atoms with van der Waals surface area (Å²) in [6.45, 7) is 12.2. The number of aromatic nitrogens is 1. The summed E-state index contributed by atoms with van der Waals surface area (Å²) in [6, 6.07) is 10.4. The van der Waals surface area contributed by atoms with E-state index in [1.54, 1.807) is 0 Å². The van der Waals surface area contributed by atoms with Gasteiger partial charge in [0.2, 0.25) is 11.1 Å². The third-order valence-electron chi connectivity index (χ3n) is 4.21. The van der Waals surface area contributed by atoms with Gasteiger partial charge in [-0.3, -0.25) is 0 Å². The van der Waals surface area contributed by atoms with Gasteiger partial charge in [-0.15, -0.1) is 11.3 Å². The number of nitrogens with two attached hydrogens (primary N) is 2. The minimum atomic E-state index is 0.272. The van der Waals surface area contributed by atoms with Crippen molar-refractivity contribution in [3.63, 3.8) is 0 Å². The molecule has 0 aliphatic rings. The van der Waals surface area contributed by atoms with E-state index in [4.69, 9.17) is 11.5 Å². The molecule has 28 heavy (non-hydrogen) atoms. The molecule has 2 aromatic carbocycles. The molecule has 6 heteroatoms. The standard InChI is InChI=1S/C20H23N5S.C2H6/c1-11-6-5-7-12(2)17(11)15-8-13(3)18(16(21)9-15)24-19(22)25-20-23-14(4)10-26-20;1-2/h5-10H,21H2,1-4H3,(H3,22,23,24,25);1-2H3. The van der Waals surface area contributed by atoms with Crippen molar-refractivity contribution in [1.29, 1.82) is 0 Å². The van der Waals surface area contributed by atoms with Gasteiger partial charge >= 0.3 is 0 Å². The summed E-state index contributed by atoms with van der Waals surface area (Å²) in [5.74, 6) is 0.272. The number of thiazole rings is 1. The van der Waals surface area contributed by atoms with E-state index in [2.05, 4.69) is 53.4 Å². The molecular weight excluding hydrogens is 366 g/mol. The molecule has 0 aliphatic carbocycles. The first-order chi connectivity index (χ1) is 13.3. The Hall–Kier alpha value is -2.86. The molecule has 0 aliphatic heterocycles. The highest BCUT2D eigenvalue weighted by Crippen LogP contribution is 2.34. The number of anilines is 2. The number of hydrogen-bond donors (Lipinski definition) is 3. The molecule has 0 atom stereocenters. The van der Waals surface area contributed by atoms with Crippen LogP contribution in [0.25, 0.3) is 11.1 Å². The van der Waals surface area contributed by atoms with Gasteiger partial charge in [-0.25, -0.2) is 4.98 Å². The smallest absolute Gasteiger partial charge is 0.212 e. The number of rotatable bonds is 3. The van der Waals surface area contributed by atoms with Crippen molar-refractivity contribution < 1.29 is 0 Å². The zero-order chi connectivity index (χ0) is 20.8.